The fraction of sp³-hybridized carbons (Fsp3) is 0.250. The van der Waals surface area contributed by atoms with Crippen molar-refractivity contribution in [3.8, 4) is 0 Å². The predicted molar refractivity (Wildman–Crippen MR) is 67.6 cm³/mol. The zero-order chi connectivity index (χ0) is 12.6. The van der Waals surface area contributed by atoms with Gasteiger partial charge in [0, 0.05) is 34.2 Å². The van der Waals surface area contributed by atoms with Gasteiger partial charge in [-0.05, 0) is 22.0 Å². The molecular formula is C12H12BrNO3. The minimum Gasteiger partial charge on any atom is -0.467 e. The number of nitrogens with zero attached hydrogens (tertiary/aromatic N) is 1. The number of rotatable bonds is 2. The number of ether oxygens (including phenoxy) is 1. The number of aryl methyl sites for hydroxylation is 1. The molecule has 90 valence electrons. The number of aromatic nitrogens is 1. The molecule has 0 aliphatic carbocycles. The third-order valence-corrected chi connectivity index (χ3v) is 3.32. The first-order chi connectivity index (χ1) is 8.06. The van der Waals surface area contributed by atoms with Crippen LogP contribution in [0.2, 0.25) is 0 Å². The number of aliphatic hydroxyl groups is 1. The Hall–Kier alpha value is -1.33. The summed E-state index contributed by atoms with van der Waals surface area (Å²) in [6.07, 6.45) is 0.625. The number of carbonyl (C=O) groups is 1. The minimum absolute atomic E-state index is 0.543. The second kappa shape index (κ2) is 4.50. The molecule has 17 heavy (non-hydrogen) atoms. The normalized spacial score (nSPS) is 12.7. The Morgan fingerprint density at radius 2 is 2.24 bits per heavy atom. The lowest BCUT2D eigenvalue weighted by molar-refractivity contribution is -0.150. The molecule has 1 heterocycles. The predicted octanol–water partition coefficient (Wildman–Crippen LogP) is 2.15. The van der Waals surface area contributed by atoms with Crippen LogP contribution in [0.15, 0.2) is 28.9 Å². The molecule has 0 saturated carbocycles. The molecule has 4 nitrogen and oxygen atoms in total. The lowest BCUT2D eigenvalue weighted by Crippen LogP contribution is -2.13. The summed E-state index contributed by atoms with van der Waals surface area (Å²) >= 11 is 3.42. The average molecular weight is 298 g/mol. The second-order valence-corrected chi connectivity index (χ2v) is 4.61. The molecule has 1 N–H and O–H groups in total. The van der Waals surface area contributed by atoms with Crippen molar-refractivity contribution in [2.75, 3.05) is 7.11 Å². The third-order valence-electron chi connectivity index (χ3n) is 2.72. The number of fused-ring (bicyclic) bond motifs is 1. The van der Waals surface area contributed by atoms with Gasteiger partial charge in [0.25, 0.3) is 0 Å². The number of hydrogen-bond acceptors (Lipinski definition) is 3. The molecule has 0 bridgehead atoms. The Morgan fingerprint density at radius 1 is 1.53 bits per heavy atom. The van der Waals surface area contributed by atoms with E-state index in [1.54, 1.807) is 12.1 Å². The summed E-state index contributed by atoms with van der Waals surface area (Å²) in [5.74, 6) is -0.659. The monoisotopic (exact) mass is 297 g/mol. The average Bonchev–Trinajstić information content (AvgIpc) is 2.63. The van der Waals surface area contributed by atoms with Gasteiger partial charge in [-0.25, -0.2) is 4.79 Å². The second-order valence-electron chi connectivity index (χ2n) is 3.76. The van der Waals surface area contributed by atoms with Crippen molar-refractivity contribution in [3.05, 3.63) is 34.4 Å². The van der Waals surface area contributed by atoms with Gasteiger partial charge in [0.1, 0.15) is 0 Å². The van der Waals surface area contributed by atoms with Crippen LogP contribution in [-0.4, -0.2) is 22.8 Å². The van der Waals surface area contributed by atoms with E-state index in [4.69, 9.17) is 0 Å². The minimum atomic E-state index is -1.26. The van der Waals surface area contributed by atoms with Gasteiger partial charge in [-0.2, -0.15) is 0 Å². The molecule has 0 amide bonds. The van der Waals surface area contributed by atoms with Gasteiger partial charge in [0.15, 0.2) is 6.10 Å². The SMILES string of the molecule is COC(=O)C(O)c1cccc2c1c(Br)cn2C. The van der Waals surface area contributed by atoms with E-state index in [0.29, 0.717) is 5.56 Å². The van der Waals surface area contributed by atoms with Gasteiger partial charge in [-0.1, -0.05) is 12.1 Å². The lowest BCUT2D eigenvalue weighted by atomic mass is 10.1. The van der Waals surface area contributed by atoms with E-state index >= 15 is 0 Å². The van der Waals surface area contributed by atoms with Crippen LogP contribution >= 0.6 is 15.9 Å². The van der Waals surface area contributed by atoms with Gasteiger partial charge >= 0.3 is 5.97 Å². The summed E-state index contributed by atoms with van der Waals surface area (Å²) in [6, 6.07) is 5.44. The summed E-state index contributed by atoms with van der Waals surface area (Å²) in [6.45, 7) is 0. The van der Waals surface area contributed by atoms with E-state index in [-0.39, 0.29) is 0 Å². The maximum Gasteiger partial charge on any atom is 0.339 e. The van der Waals surface area contributed by atoms with E-state index < -0.39 is 12.1 Å². The third kappa shape index (κ3) is 1.96. The highest BCUT2D eigenvalue weighted by Gasteiger charge is 2.22. The number of hydrogen-bond donors (Lipinski definition) is 1. The highest BCUT2D eigenvalue weighted by molar-refractivity contribution is 9.10. The van der Waals surface area contributed by atoms with E-state index in [9.17, 15) is 9.90 Å². The number of methoxy groups -OCH3 is 1. The molecule has 1 aromatic heterocycles. The number of halogens is 1. The van der Waals surface area contributed by atoms with Gasteiger partial charge in [-0.15, -0.1) is 0 Å². The standard InChI is InChI=1S/C12H12BrNO3/c1-14-6-8(13)10-7(4-3-5-9(10)14)11(15)12(16)17-2/h3-6,11,15H,1-2H3. The van der Waals surface area contributed by atoms with Crippen LogP contribution in [0.3, 0.4) is 0 Å². The molecule has 0 aliphatic heterocycles. The maximum absolute atomic E-state index is 11.4. The van der Waals surface area contributed by atoms with Crippen molar-refractivity contribution in [1.29, 1.82) is 0 Å². The van der Waals surface area contributed by atoms with E-state index in [1.807, 2.05) is 23.9 Å². The van der Waals surface area contributed by atoms with Crippen LogP contribution in [0.25, 0.3) is 10.9 Å². The molecule has 0 aliphatic rings. The Kier molecular flexibility index (Phi) is 3.22. The molecule has 5 heteroatoms. The van der Waals surface area contributed by atoms with E-state index in [2.05, 4.69) is 20.7 Å². The van der Waals surface area contributed by atoms with Crippen LogP contribution < -0.4 is 0 Å². The molecular weight excluding hydrogens is 286 g/mol. The first kappa shape index (κ1) is 12.1. The fourth-order valence-electron chi connectivity index (χ4n) is 1.88. The lowest BCUT2D eigenvalue weighted by Gasteiger charge is -2.10. The fourth-order valence-corrected chi connectivity index (χ4v) is 2.62. The number of aliphatic hydroxyl groups excluding tert-OH is 1. The molecule has 2 rings (SSSR count). The first-order valence-electron chi connectivity index (χ1n) is 5.05. The van der Waals surface area contributed by atoms with Gasteiger partial charge in [0.2, 0.25) is 0 Å². The van der Waals surface area contributed by atoms with Crippen LogP contribution in [0.5, 0.6) is 0 Å². The van der Waals surface area contributed by atoms with Crippen molar-refractivity contribution in [2.45, 2.75) is 6.10 Å². The molecule has 0 spiro atoms. The highest BCUT2D eigenvalue weighted by Crippen LogP contribution is 2.32. The molecule has 1 unspecified atom stereocenters. The van der Waals surface area contributed by atoms with Crippen LogP contribution in [-0.2, 0) is 16.6 Å². The van der Waals surface area contributed by atoms with E-state index in [1.165, 1.54) is 7.11 Å². The largest absolute Gasteiger partial charge is 0.467 e. The summed E-state index contributed by atoms with van der Waals surface area (Å²) in [5, 5.41) is 10.7. The molecule has 0 fully saturated rings. The molecule has 2 aromatic rings. The zero-order valence-corrected chi connectivity index (χ0v) is 11.1. The smallest absolute Gasteiger partial charge is 0.339 e. The topological polar surface area (TPSA) is 51.5 Å². The summed E-state index contributed by atoms with van der Waals surface area (Å²) in [4.78, 5) is 11.4. The van der Waals surface area contributed by atoms with E-state index in [0.717, 1.165) is 15.4 Å². The Bertz CT molecular complexity index is 576. The zero-order valence-electron chi connectivity index (χ0n) is 9.48. The van der Waals surface area contributed by atoms with Crippen molar-refractivity contribution < 1.29 is 14.6 Å². The summed E-state index contributed by atoms with van der Waals surface area (Å²) in [7, 11) is 3.16. The van der Waals surface area contributed by atoms with Crippen molar-refractivity contribution in [1.82, 2.24) is 4.57 Å². The van der Waals surface area contributed by atoms with Gasteiger partial charge in [-0.3, -0.25) is 0 Å². The van der Waals surface area contributed by atoms with Gasteiger partial charge in [0.05, 0.1) is 7.11 Å². The molecule has 0 radical (unpaired) electrons. The summed E-state index contributed by atoms with van der Waals surface area (Å²) < 4.78 is 7.32. The number of esters is 1. The highest BCUT2D eigenvalue weighted by atomic mass is 79.9. The van der Waals surface area contributed by atoms with Crippen LogP contribution in [0, 0.1) is 0 Å². The van der Waals surface area contributed by atoms with Crippen LogP contribution in [0.1, 0.15) is 11.7 Å². The quantitative estimate of drug-likeness (QED) is 0.864. The Morgan fingerprint density at radius 3 is 2.88 bits per heavy atom. The van der Waals surface area contributed by atoms with Crippen molar-refractivity contribution in [3.63, 3.8) is 0 Å². The van der Waals surface area contributed by atoms with Crippen LogP contribution in [0.4, 0.5) is 0 Å². The van der Waals surface area contributed by atoms with Crippen molar-refractivity contribution in [2.24, 2.45) is 7.05 Å². The Labute approximate surface area is 107 Å². The van der Waals surface area contributed by atoms with Crippen molar-refractivity contribution >= 4 is 32.8 Å². The maximum atomic E-state index is 11.4. The molecule has 1 aromatic carbocycles. The molecule has 1 atom stereocenters. The molecule has 0 saturated heterocycles. The number of carbonyl (C=O) groups excluding carboxylic acids is 1. The van der Waals surface area contributed by atoms with Gasteiger partial charge < -0.3 is 14.4 Å². The summed E-state index contributed by atoms with van der Waals surface area (Å²) in [5.41, 5.74) is 1.49. The Balaban J connectivity index is 2.66. The first-order valence-corrected chi connectivity index (χ1v) is 5.85. The number of benzene rings is 1.